The van der Waals surface area contributed by atoms with Gasteiger partial charge in [-0.1, -0.05) is 84.9 Å². The number of halogens is 5. The van der Waals surface area contributed by atoms with Crippen LogP contribution < -0.4 is 0 Å². The monoisotopic (exact) mass is 790 g/mol. The molecule has 0 radical (unpaired) electrons. The first kappa shape index (κ1) is 36.3. The fourth-order valence-corrected chi connectivity index (χ4v) is 8.61. The molecule has 8 aromatic carbocycles. The summed E-state index contributed by atoms with van der Waals surface area (Å²) in [5, 5.41) is 22.4. The fourth-order valence-electron chi connectivity index (χ4n) is 8.61. The molecular weight excluding hydrogens is 764 g/mol. The Balaban J connectivity index is 1.34. The van der Waals surface area contributed by atoms with Gasteiger partial charge in [-0.15, -0.1) is 0 Å². The highest BCUT2D eigenvalue weighted by molar-refractivity contribution is 6.12. The standard InChI is InChI=1S/C51H27F5N4/c52-36-21-34(22-37(53)27-36)35-25-48(59-44-15-7-5-13-40(44)42-23-30(17-19-46(42)59)38-11-3-1-9-32(38)28-57)50(51(54,55)56)49(26-35)60-45-16-8-6-14-41(45)43-24-31(18-20-47(43)60)39-12-4-2-10-33(39)29-58/h1-27H. The van der Waals surface area contributed by atoms with Gasteiger partial charge in [-0.3, -0.25) is 0 Å². The second-order valence-corrected chi connectivity index (χ2v) is 14.5. The van der Waals surface area contributed by atoms with Crippen molar-refractivity contribution in [1.29, 1.82) is 10.5 Å². The number of alkyl halides is 3. The molecule has 286 valence electrons. The number of hydrogen-bond donors (Lipinski definition) is 0. The highest BCUT2D eigenvalue weighted by Crippen LogP contribution is 2.47. The van der Waals surface area contributed by atoms with Crippen molar-refractivity contribution in [3.05, 3.63) is 192 Å². The van der Waals surface area contributed by atoms with Crippen LogP contribution in [0.3, 0.4) is 0 Å². The average Bonchev–Trinajstić information content (AvgIpc) is 3.77. The Kier molecular flexibility index (Phi) is 8.38. The summed E-state index contributed by atoms with van der Waals surface area (Å²) in [5.74, 6) is -1.76. The lowest BCUT2D eigenvalue weighted by Crippen LogP contribution is -2.16. The molecule has 0 bridgehead atoms. The van der Waals surface area contributed by atoms with E-state index in [0.29, 0.717) is 77.0 Å². The van der Waals surface area contributed by atoms with Gasteiger partial charge in [0.15, 0.2) is 0 Å². The summed E-state index contributed by atoms with van der Waals surface area (Å²) in [6.07, 6.45) is -4.96. The summed E-state index contributed by atoms with van der Waals surface area (Å²) in [7, 11) is 0. The summed E-state index contributed by atoms with van der Waals surface area (Å²) in [5.41, 5.74) is 4.28. The van der Waals surface area contributed by atoms with Crippen LogP contribution in [0, 0.1) is 34.3 Å². The van der Waals surface area contributed by atoms with E-state index in [1.807, 2.05) is 60.7 Å². The summed E-state index contributed by atoms with van der Waals surface area (Å²) < 4.78 is 81.9. The van der Waals surface area contributed by atoms with Gasteiger partial charge in [-0.05, 0) is 106 Å². The molecule has 0 saturated heterocycles. The van der Waals surface area contributed by atoms with E-state index in [1.165, 1.54) is 12.1 Å². The molecule has 0 aliphatic carbocycles. The van der Waals surface area contributed by atoms with Crippen LogP contribution in [0.15, 0.2) is 164 Å². The molecule has 2 heterocycles. The lowest BCUT2D eigenvalue weighted by molar-refractivity contribution is -0.137. The van der Waals surface area contributed by atoms with Gasteiger partial charge in [0.25, 0.3) is 0 Å². The molecular formula is C51H27F5N4. The molecule has 0 spiro atoms. The minimum atomic E-state index is -4.96. The van der Waals surface area contributed by atoms with Gasteiger partial charge in [0.05, 0.1) is 56.7 Å². The SMILES string of the molecule is N#Cc1ccccc1-c1ccc2c(c1)c1ccccc1n2-c1cc(-c2cc(F)cc(F)c2)cc(-n2c3ccccc3c3cc(-c4ccccc4C#N)ccc32)c1C(F)(F)F. The van der Waals surface area contributed by atoms with Crippen LogP contribution in [-0.4, -0.2) is 9.13 Å². The van der Waals surface area contributed by atoms with E-state index in [9.17, 15) is 19.3 Å². The molecule has 10 aromatic rings. The van der Waals surface area contributed by atoms with Gasteiger partial charge in [0.2, 0.25) is 0 Å². The quantitative estimate of drug-likeness (QED) is 0.163. The topological polar surface area (TPSA) is 57.4 Å². The van der Waals surface area contributed by atoms with Crippen molar-refractivity contribution in [3.8, 4) is 56.9 Å². The summed E-state index contributed by atoms with van der Waals surface area (Å²) >= 11 is 0. The number of nitriles is 2. The van der Waals surface area contributed by atoms with Crippen molar-refractivity contribution < 1.29 is 22.0 Å². The van der Waals surface area contributed by atoms with Crippen LogP contribution in [0.4, 0.5) is 22.0 Å². The van der Waals surface area contributed by atoms with Crippen LogP contribution in [0.1, 0.15) is 16.7 Å². The minimum absolute atomic E-state index is 0.0519. The zero-order valence-electron chi connectivity index (χ0n) is 31.3. The molecule has 0 saturated carbocycles. The number of aromatic nitrogens is 2. The fraction of sp³-hybridized carbons (Fsp3) is 0.0196. The molecule has 0 amide bonds. The predicted octanol–water partition coefficient (Wildman–Crippen LogP) is 13.9. The summed E-state index contributed by atoms with van der Waals surface area (Å²) in [6, 6.07) is 49.4. The molecule has 0 aliphatic rings. The van der Waals surface area contributed by atoms with Gasteiger partial charge in [0, 0.05) is 27.6 Å². The van der Waals surface area contributed by atoms with Crippen molar-refractivity contribution in [3.63, 3.8) is 0 Å². The van der Waals surface area contributed by atoms with E-state index >= 15 is 13.2 Å². The smallest absolute Gasteiger partial charge is 0.309 e. The van der Waals surface area contributed by atoms with Crippen molar-refractivity contribution >= 4 is 43.6 Å². The minimum Gasteiger partial charge on any atom is -0.309 e. The molecule has 0 unspecified atom stereocenters. The van der Waals surface area contributed by atoms with E-state index in [1.54, 1.807) is 81.9 Å². The Morgan fingerprint density at radius 1 is 0.400 bits per heavy atom. The van der Waals surface area contributed by atoms with Gasteiger partial charge < -0.3 is 9.13 Å². The summed E-state index contributed by atoms with van der Waals surface area (Å²) in [4.78, 5) is 0. The van der Waals surface area contributed by atoms with Crippen LogP contribution in [0.25, 0.3) is 88.4 Å². The number of rotatable bonds is 5. The van der Waals surface area contributed by atoms with Crippen molar-refractivity contribution in [2.75, 3.05) is 0 Å². The Labute approximate surface area is 339 Å². The first-order valence-electron chi connectivity index (χ1n) is 18.9. The molecule has 0 aliphatic heterocycles. The molecule has 60 heavy (non-hydrogen) atoms. The Morgan fingerprint density at radius 2 is 0.800 bits per heavy atom. The van der Waals surface area contributed by atoms with Gasteiger partial charge >= 0.3 is 6.18 Å². The van der Waals surface area contributed by atoms with Crippen molar-refractivity contribution in [1.82, 2.24) is 9.13 Å². The highest BCUT2D eigenvalue weighted by atomic mass is 19.4. The lowest BCUT2D eigenvalue weighted by atomic mass is 9.98. The van der Waals surface area contributed by atoms with Crippen LogP contribution in [-0.2, 0) is 6.18 Å². The van der Waals surface area contributed by atoms with Crippen molar-refractivity contribution in [2.24, 2.45) is 0 Å². The third-order valence-corrected chi connectivity index (χ3v) is 11.1. The number of hydrogen-bond acceptors (Lipinski definition) is 2. The highest BCUT2D eigenvalue weighted by Gasteiger charge is 2.39. The van der Waals surface area contributed by atoms with Gasteiger partial charge in [-0.25, -0.2) is 8.78 Å². The van der Waals surface area contributed by atoms with Gasteiger partial charge in [0.1, 0.15) is 17.2 Å². The van der Waals surface area contributed by atoms with Crippen LogP contribution in [0.5, 0.6) is 0 Å². The molecule has 9 heteroatoms. The molecule has 10 rings (SSSR count). The molecule has 2 aromatic heterocycles. The number of para-hydroxylation sites is 2. The number of nitrogens with zero attached hydrogens (tertiary/aromatic N) is 4. The van der Waals surface area contributed by atoms with Gasteiger partial charge in [-0.2, -0.15) is 23.7 Å². The van der Waals surface area contributed by atoms with E-state index in [4.69, 9.17) is 0 Å². The zero-order chi connectivity index (χ0) is 41.3. The first-order valence-corrected chi connectivity index (χ1v) is 18.9. The predicted molar refractivity (Wildman–Crippen MR) is 226 cm³/mol. The van der Waals surface area contributed by atoms with E-state index in [0.717, 1.165) is 18.2 Å². The Morgan fingerprint density at radius 3 is 1.25 bits per heavy atom. The Bertz CT molecular complexity index is 3270. The molecule has 4 nitrogen and oxygen atoms in total. The zero-order valence-corrected chi connectivity index (χ0v) is 31.3. The summed E-state index contributed by atoms with van der Waals surface area (Å²) in [6.45, 7) is 0. The third-order valence-electron chi connectivity index (χ3n) is 11.1. The maximum Gasteiger partial charge on any atom is 0.420 e. The molecule has 0 fully saturated rings. The molecule has 0 atom stereocenters. The van der Waals surface area contributed by atoms with Crippen LogP contribution in [0.2, 0.25) is 0 Å². The maximum absolute atomic E-state index is 16.3. The van der Waals surface area contributed by atoms with Crippen LogP contribution >= 0.6 is 0 Å². The van der Waals surface area contributed by atoms with E-state index < -0.39 is 23.4 Å². The number of benzene rings is 8. The second-order valence-electron chi connectivity index (χ2n) is 14.5. The Hall–Kier alpha value is -8.01. The first-order chi connectivity index (χ1) is 29.1. The third kappa shape index (κ3) is 5.79. The van der Waals surface area contributed by atoms with E-state index in [-0.39, 0.29) is 22.5 Å². The lowest BCUT2D eigenvalue weighted by Gasteiger charge is -2.23. The average molecular weight is 791 g/mol. The number of fused-ring (bicyclic) bond motifs is 6. The largest absolute Gasteiger partial charge is 0.420 e. The maximum atomic E-state index is 16.3. The van der Waals surface area contributed by atoms with Crippen molar-refractivity contribution in [2.45, 2.75) is 6.18 Å². The van der Waals surface area contributed by atoms with E-state index in [2.05, 4.69) is 12.1 Å². The second kappa shape index (κ2) is 13.8. The normalized spacial score (nSPS) is 11.7. The molecule has 0 N–H and O–H groups in total.